The van der Waals surface area contributed by atoms with Gasteiger partial charge in [0.2, 0.25) is 5.71 Å². The Labute approximate surface area is 319 Å². The summed E-state index contributed by atoms with van der Waals surface area (Å²) in [6, 6.07) is 72.3. The van der Waals surface area contributed by atoms with E-state index in [1.54, 1.807) is 0 Å². The number of anilines is 3. The van der Waals surface area contributed by atoms with E-state index in [1.165, 1.54) is 49.9 Å². The number of fused-ring (bicyclic) bond motifs is 7. The van der Waals surface area contributed by atoms with Crippen molar-refractivity contribution >= 4 is 49.9 Å². The molecule has 3 nitrogen and oxygen atoms in total. The lowest BCUT2D eigenvalue weighted by molar-refractivity contribution is 0.654. The van der Waals surface area contributed by atoms with E-state index in [0.29, 0.717) is 5.71 Å². The summed E-state index contributed by atoms with van der Waals surface area (Å²) in [5, 5.41) is 4.33. The van der Waals surface area contributed by atoms with Gasteiger partial charge in [-0.1, -0.05) is 158 Å². The van der Waals surface area contributed by atoms with E-state index in [1.807, 2.05) is 6.20 Å². The number of hydrogen-bond donors (Lipinski definition) is 0. The molecule has 0 fully saturated rings. The van der Waals surface area contributed by atoms with Crippen LogP contribution in [-0.2, 0) is 5.41 Å². The van der Waals surface area contributed by atoms with Gasteiger partial charge in [-0.2, -0.15) is 0 Å². The van der Waals surface area contributed by atoms with E-state index in [4.69, 9.17) is 9.40 Å². The van der Waals surface area contributed by atoms with Crippen LogP contribution in [0.25, 0.3) is 55.1 Å². The highest BCUT2D eigenvalue weighted by Crippen LogP contribution is 2.57. The van der Waals surface area contributed by atoms with Crippen molar-refractivity contribution in [3.8, 4) is 22.3 Å². The number of aromatic nitrogens is 1. The van der Waals surface area contributed by atoms with Gasteiger partial charge in [0.25, 0.3) is 0 Å². The van der Waals surface area contributed by atoms with Gasteiger partial charge in [-0.15, -0.1) is 0 Å². The molecule has 10 aromatic rings. The summed E-state index contributed by atoms with van der Waals surface area (Å²) in [6.07, 6.45) is 1.86. The fourth-order valence-electron chi connectivity index (χ4n) is 8.99. The van der Waals surface area contributed by atoms with Gasteiger partial charge in [0.05, 0.1) is 16.5 Å². The monoisotopic (exact) mass is 702 g/mol. The van der Waals surface area contributed by atoms with Crippen molar-refractivity contribution in [1.29, 1.82) is 0 Å². The van der Waals surface area contributed by atoms with E-state index in [2.05, 4.69) is 205 Å². The maximum atomic E-state index is 6.51. The van der Waals surface area contributed by atoms with Crippen molar-refractivity contribution in [2.24, 2.45) is 0 Å². The molecule has 0 radical (unpaired) electrons. The molecule has 3 heteroatoms. The Kier molecular flexibility index (Phi) is 7.08. The molecule has 0 spiro atoms. The van der Waals surface area contributed by atoms with Crippen LogP contribution >= 0.6 is 0 Å². The quantitative estimate of drug-likeness (QED) is 0.173. The standard InChI is InChI=1S/C52H34N2O/c1-4-14-35(15-5-1)36-24-26-41(27-25-36)54(48-30-31-53-51-50(48)45-32-37-16-10-11-17-38(37)33-49(45)55-51)42-28-29-47-44(34-42)43-22-12-13-23-46(43)52(47,39-18-6-2-7-19-39)40-20-8-3-9-21-40/h1-34H. The first-order chi connectivity index (χ1) is 27.3. The zero-order valence-electron chi connectivity index (χ0n) is 29.9. The Morgan fingerprint density at radius 2 is 1.04 bits per heavy atom. The minimum absolute atomic E-state index is 0.471. The fraction of sp³-hybridized carbons (Fsp3) is 0.0192. The summed E-state index contributed by atoms with van der Waals surface area (Å²) in [4.78, 5) is 7.15. The lowest BCUT2D eigenvalue weighted by Gasteiger charge is -2.34. The molecule has 1 aliphatic rings. The molecule has 8 aromatic carbocycles. The van der Waals surface area contributed by atoms with E-state index in [9.17, 15) is 0 Å². The largest absolute Gasteiger partial charge is 0.438 e. The number of furan rings is 1. The van der Waals surface area contributed by atoms with Crippen LogP contribution in [0.15, 0.2) is 211 Å². The minimum Gasteiger partial charge on any atom is -0.438 e. The highest BCUT2D eigenvalue weighted by atomic mass is 16.3. The van der Waals surface area contributed by atoms with Gasteiger partial charge in [-0.25, -0.2) is 4.98 Å². The molecule has 0 amide bonds. The minimum atomic E-state index is -0.471. The highest BCUT2D eigenvalue weighted by molar-refractivity contribution is 6.15. The summed E-state index contributed by atoms with van der Waals surface area (Å²) in [5.41, 5.74) is 14.0. The van der Waals surface area contributed by atoms with Crippen LogP contribution in [0.5, 0.6) is 0 Å². The van der Waals surface area contributed by atoms with Gasteiger partial charge in [0.15, 0.2) is 0 Å². The average molecular weight is 703 g/mol. The maximum absolute atomic E-state index is 6.51. The summed E-state index contributed by atoms with van der Waals surface area (Å²) in [6.45, 7) is 0. The molecule has 0 unspecified atom stereocenters. The van der Waals surface area contributed by atoms with Gasteiger partial charge in [-0.05, 0) is 97.7 Å². The average Bonchev–Trinajstić information content (AvgIpc) is 3.77. The first-order valence-corrected chi connectivity index (χ1v) is 18.8. The lowest BCUT2D eigenvalue weighted by atomic mass is 9.68. The van der Waals surface area contributed by atoms with Gasteiger partial charge in [0, 0.05) is 23.0 Å². The number of nitrogens with zero attached hydrogens (tertiary/aromatic N) is 2. The van der Waals surface area contributed by atoms with Crippen LogP contribution in [-0.4, -0.2) is 4.98 Å². The van der Waals surface area contributed by atoms with E-state index in [-0.39, 0.29) is 0 Å². The molecule has 1 aliphatic carbocycles. The summed E-state index contributed by atoms with van der Waals surface area (Å²) >= 11 is 0. The molecule has 258 valence electrons. The molecule has 11 rings (SSSR count). The summed E-state index contributed by atoms with van der Waals surface area (Å²) in [5.74, 6) is 0. The van der Waals surface area contributed by atoms with Crippen LogP contribution in [0.3, 0.4) is 0 Å². The van der Waals surface area contributed by atoms with Crippen LogP contribution in [0.1, 0.15) is 22.3 Å². The second-order valence-electron chi connectivity index (χ2n) is 14.3. The van der Waals surface area contributed by atoms with E-state index < -0.39 is 5.41 Å². The first-order valence-electron chi connectivity index (χ1n) is 18.8. The maximum Gasteiger partial charge on any atom is 0.229 e. The van der Waals surface area contributed by atoms with Crippen molar-refractivity contribution in [3.63, 3.8) is 0 Å². The first kappa shape index (κ1) is 31.3. The molecule has 2 aromatic heterocycles. The zero-order valence-corrected chi connectivity index (χ0v) is 29.9. The van der Waals surface area contributed by atoms with Crippen molar-refractivity contribution in [3.05, 3.63) is 229 Å². The van der Waals surface area contributed by atoms with Crippen LogP contribution in [0.4, 0.5) is 17.1 Å². The SMILES string of the molecule is c1ccc(-c2ccc(N(c3ccc4c(c3)-c3ccccc3C4(c3ccccc3)c3ccccc3)c3ccnc4oc5cc6ccccc6cc5c34)cc2)cc1. The molecule has 55 heavy (non-hydrogen) atoms. The fourth-order valence-corrected chi connectivity index (χ4v) is 8.99. The second kappa shape index (κ2) is 12.4. The number of benzene rings is 8. The molecule has 0 N–H and O–H groups in total. The van der Waals surface area contributed by atoms with E-state index >= 15 is 0 Å². The molecular weight excluding hydrogens is 669 g/mol. The molecular formula is C52H34N2O. The normalized spacial score (nSPS) is 12.9. The molecule has 0 atom stereocenters. The molecule has 2 heterocycles. The zero-order chi connectivity index (χ0) is 36.3. The van der Waals surface area contributed by atoms with Gasteiger partial charge < -0.3 is 9.32 Å². The Morgan fingerprint density at radius 3 is 1.76 bits per heavy atom. The third-order valence-electron chi connectivity index (χ3n) is 11.4. The predicted octanol–water partition coefficient (Wildman–Crippen LogP) is 13.6. The summed E-state index contributed by atoms with van der Waals surface area (Å²) < 4.78 is 6.51. The Hall–Kier alpha value is -7.23. The predicted molar refractivity (Wildman–Crippen MR) is 226 cm³/mol. The molecule has 0 saturated heterocycles. The smallest absolute Gasteiger partial charge is 0.229 e. The lowest BCUT2D eigenvalue weighted by Crippen LogP contribution is -2.28. The van der Waals surface area contributed by atoms with Crippen molar-refractivity contribution in [2.45, 2.75) is 5.41 Å². The third-order valence-corrected chi connectivity index (χ3v) is 11.4. The molecule has 0 aliphatic heterocycles. The van der Waals surface area contributed by atoms with Crippen molar-refractivity contribution in [1.82, 2.24) is 4.98 Å². The number of rotatable bonds is 6. The van der Waals surface area contributed by atoms with Gasteiger partial charge >= 0.3 is 0 Å². The van der Waals surface area contributed by atoms with Crippen LogP contribution in [0.2, 0.25) is 0 Å². The molecule has 0 saturated carbocycles. The number of pyridine rings is 1. The van der Waals surface area contributed by atoms with Crippen molar-refractivity contribution < 1.29 is 4.42 Å². The van der Waals surface area contributed by atoms with Crippen LogP contribution in [0, 0.1) is 0 Å². The highest BCUT2D eigenvalue weighted by Gasteiger charge is 2.46. The second-order valence-corrected chi connectivity index (χ2v) is 14.3. The Morgan fingerprint density at radius 1 is 0.455 bits per heavy atom. The van der Waals surface area contributed by atoms with Crippen molar-refractivity contribution in [2.75, 3.05) is 4.90 Å². The summed E-state index contributed by atoms with van der Waals surface area (Å²) in [7, 11) is 0. The topological polar surface area (TPSA) is 29.3 Å². The Balaban J connectivity index is 1.18. The molecule has 0 bridgehead atoms. The Bertz CT molecular complexity index is 2980. The van der Waals surface area contributed by atoms with Gasteiger partial charge in [0.1, 0.15) is 5.58 Å². The van der Waals surface area contributed by atoms with E-state index in [0.717, 1.165) is 38.8 Å². The third kappa shape index (κ3) is 4.80. The van der Waals surface area contributed by atoms with Crippen LogP contribution < -0.4 is 4.90 Å². The number of hydrogen-bond acceptors (Lipinski definition) is 3. The van der Waals surface area contributed by atoms with Gasteiger partial charge in [-0.3, -0.25) is 0 Å².